The Bertz CT molecular complexity index is 1980. The third-order valence-corrected chi connectivity index (χ3v) is 9.36. The van der Waals surface area contributed by atoms with Crippen LogP contribution in [-0.2, 0) is 25.7 Å². The molecule has 0 radical (unpaired) electrons. The summed E-state index contributed by atoms with van der Waals surface area (Å²) in [5.74, 6) is 0.131. The van der Waals surface area contributed by atoms with Gasteiger partial charge in [0, 0.05) is 11.1 Å². The Labute approximate surface area is 241 Å². The molecule has 3 aliphatic rings. The van der Waals surface area contributed by atoms with Crippen LogP contribution in [0.25, 0.3) is 39.0 Å². The predicted octanol–water partition coefficient (Wildman–Crippen LogP) is 9.44. The first-order valence-electron chi connectivity index (χ1n) is 14.6. The Hall–Kier alpha value is -4.75. The first-order valence-corrected chi connectivity index (χ1v) is 14.6. The average molecular weight is 527 g/mol. The molecule has 0 atom stereocenters. The van der Waals surface area contributed by atoms with Gasteiger partial charge in [0.1, 0.15) is 0 Å². The minimum absolute atomic E-state index is 0.131. The van der Waals surface area contributed by atoms with Gasteiger partial charge in [-0.3, -0.25) is 4.79 Å². The normalized spacial score (nSPS) is 14.6. The number of carbonyl (C=O) groups is 1. The summed E-state index contributed by atoms with van der Waals surface area (Å²) in [7, 11) is 0. The van der Waals surface area contributed by atoms with E-state index < -0.39 is 0 Å². The third kappa shape index (κ3) is 3.80. The molecular formula is C40H30O. The molecule has 0 heterocycles. The van der Waals surface area contributed by atoms with Crippen LogP contribution in [0.3, 0.4) is 0 Å². The molecule has 0 saturated carbocycles. The molecule has 0 unspecified atom stereocenters. The summed E-state index contributed by atoms with van der Waals surface area (Å²) < 4.78 is 0. The van der Waals surface area contributed by atoms with Crippen LogP contribution in [0.1, 0.15) is 56.2 Å². The maximum Gasteiger partial charge on any atom is 0.193 e. The molecule has 5 aromatic rings. The van der Waals surface area contributed by atoms with Crippen molar-refractivity contribution in [2.75, 3.05) is 0 Å². The van der Waals surface area contributed by atoms with Gasteiger partial charge in [0.25, 0.3) is 0 Å². The second kappa shape index (κ2) is 9.14. The van der Waals surface area contributed by atoms with Crippen LogP contribution in [-0.4, -0.2) is 5.78 Å². The summed E-state index contributed by atoms with van der Waals surface area (Å²) in [5.41, 5.74) is 19.1. The highest BCUT2D eigenvalue weighted by molar-refractivity contribution is 6.12. The maximum absolute atomic E-state index is 14.2. The lowest BCUT2D eigenvalue weighted by Crippen LogP contribution is -2.05. The van der Waals surface area contributed by atoms with E-state index in [0.29, 0.717) is 0 Å². The van der Waals surface area contributed by atoms with E-state index in [4.69, 9.17) is 0 Å². The highest BCUT2D eigenvalue weighted by Gasteiger charge is 2.24. The molecule has 1 heteroatoms. The molecule has 0 fully saturated rings. The molecule has 196 valence electrons. The van der Waals surface area contributed by atoms with E-state index in [1.807, 2.05) is 6.08 Å². The van der Waals surface area contributed by atoms with Gasteiger partial charge in [-0.05, 0) is 129 Å². The molecule has 0 aromatic heterocycles. The summed E-state index contributed by atoms with van der Waals surface area (Å²) >= 11 is 0. The van der Waals surface area contributed by atoms with Crippen molar-refractivity contribution in [1.82, 2.24) is 0 Å². The van der Waals surface area contributed by atoms with Crippen molar-refractivity contribution < 1.29 is 4.79 Å². The van der Waals surface area contributed by atoms with Crippen LogP contribution in [0, 0.1) is 0 Å². The number of aryl methyl sites for hydroxylation is 2. The van der Waals surface area contributed by atoms with Gasteiger partial charge in [-0.1, -0.05) is 91.0 Å². The lowest BCUT2D eigenvalue weighted by Gasteiger charge is -2.12. The van der Waals surface area contributed by atoms with Crippen molar-refractivity contribution in [3.8, 4) is 33.4 Å². The van der Waals surface area contributed by atoms with E-state index >= 15 is 0 Å². The van der Waals surface area contributed by atoms with Crippen LogP contribution in [0.15, 0.2) is 115 Å². The van der Waals surface area contributed by atoms with Gasteiger partial charge in [0.2, 0.25) is 0 Å². The number of allylic oxidation sites excluding steroid dienone is 3. The van der Waals surface area contributed by atoms with Crippen molar-refractivity contribution >= 4 is 11.4 Å². The van der Waals surface area contributed by atoms with Crippen molar-refractivity contribution in [3.63, 3.8) is 0 Å². The Morgan fingerprint density at radius 1 is 0.537 bits per heavy atom. The largest absolute Gasteiger partial charge is 0.289 e. The number of hydrogen-bond acceptors (Lipinski definition) is 1. The van der Waals surface area contributed by atoms with E-state index in [9.17, 15) is 4.79 Å². The summed E-state index contributed by atoms with van der Waals surface area (Å²) in [6.45, 7) is 6.23. The lowest BCUT2D eigenvalue weighted by atomic mass is 9.91. The predicted molar refractivity (Wildman–Crippen MR) is 169 cm³/mol. The lowest BCUT2D eigenvalue weighted by molar-refractivity contribution is 0.103. The number of benzene rings is 5. The monoisotopic (exact) mass is 526 g/mol. The van der Waals surface area contributed by atoms with Gasteiger partial charge >= 0.3 is 0 Å². The molecule has 8 rings (SSSR count). The molecule has 0 spiro atoms. The van der Waals surface area contributed by atoms with Gasteiger partial charge in [-0.2, -0.15) is 0 Å². The summed E-state index contributed by atoms with van der Waals surface area (Å²) in [5, 5.41) is 0. The van der Waals surface area contributed by atoms with Crippen LogP contribution >= 0.6 is 0 Å². The molecule has 0 aliphatic heterocycles. The molecule has 3 aliphatic carbocycles. The van der Waals surface area contributed by atoms with E-state index in [2.05, 4.69) is 111 Å². The van der Waals surface area contributed by atoms with Crippen LogP contribution in [0.5, 0.6) is 0 Å². The molecule has 5 aromatic carbocycles. The number of ketones is 1. The van der Waals surface area contributed by atoms with E-state index in [1.165, 1.54) is 44.5 Å². The van der Waals surface area contributed by atoms with Crippen LogP contribution in [0.4, 0.5) is 0 Å². The SMILES string of the molecule is C=CC1=C(C)Cc2ccc(-c3ccc4c(c3)C(=O)c3cc(-c5ccc6c(c5)-c5ccccc5C6)ccc3CC4)cc21. The summed E-state index contributed by atoms with van der Waals surface area (Å²) in [4.78, 5) is 14.2. The zero-order valence-corrected chi connectivity index (χ0v) is 23.3. The van der Waals surface area contributed by atoms with E-state index in [-0.39, 0.29) is 5.78 Å². The van der Waals surface area contributed by atoms with Gasteiger partial charge in [0.15, 0.2) is 5.78 Å². The molecule has 41 heavy (non-hydrogen) atoms. The number of hydrogen-bond donors (Lipinski definition) is 0. The Balaban J connectivity index is 1.18. The number of rotatable bonds is 3. The van der Waals surface area contributed by atoms with Crippen molar-refractivity contribution in [2.24, 2.45) is 0 Å². The Morgan fingerprint density at radius 3 is 1.63 bits per heavy atom. The van der Waals surface area contributed by atoms with Crippen LogP contribution in [0.2, 0.25) is 0 Å². The molecule has 0 bridgehead atoms. The topological polar surface area (TPSA) is 17.1 Å². The smallest absolute Gasteiger partial charge is 0.193 e. The molecule has 1 nitrogen and oxygen atoms in total. The van der Waals surface area contributed by atoms with Crippen molar-refractivity contribution in [3.05, 3.63) is 160 Å². The van der Waals surface area contributed by atoms with Gasteiger partial charge in [-0.25, -0.2) is 0 Å². The third-order valence-electron chi connectivity index (χ3n) is 9.36. The minimum Gasteiger partial charge on any atom is -0.289 e. The fourth-order valence-corrected chi connectivity index (χ4v) is 7.14. The summed E-state index contributed by atoms with van der Waals surface area (Å²) in [6, 6.07) is 35.1. The molecule has 0 amide bonds. The fourth-order valence-electron chi connectivity index (χ4n) is 7.14. The highest BCUT2D eigenvalue weighted by atomic mass is 16.1. The quantitative estimate of drug-likeness (QED) is 0.224. The molecule has 0 saturated heterocycles. The van der Waals surface area contributed by atoms with Gasteiger partial charge in [-0.15, -0.1) is 0 Å². The molecular weight excluding hydrogens is 496 g/mol. The Kier molecular flexibility index (Phi) is 5.37. The second-order valence-corrected chi connectivity index (χ2v) is 11.7. The van der Waals surface area contributed by atoms with E-state index in [1.54, 1.807) is 0 Å². The zero-order valence-electron chi connectivity index (χ0n) is 23.3. The second-order valence-electron chi connectivity index (χ2n) is 11.7. The molecule has 0 N–H and O–H groups in total. The van der Waals surface area contributed by atoms with Crippen molar-refractivity contribution in [1.29, 1.82) is 0 Å². The first kappa shape index (κ1) is 24.1. The van der Waals surface area contributed by atoms with Gasteiger partial charge in [0.05, 0.1) is 0 Å². The minimum atomic E-state index is 0.131. The summed E-state index contributed by atoms with van der Waals surface area (Å²) in [6.07, 6.45) is 5.69. The van der Waals surface area contributed by atoms with Crippen molar-refractivity contribution in [2.45, 2.75) is 32.6 Å². The zero-order chi connectivity index (χ0) is 27.7. The van der Waals surface area contributed by atoms with Gasteiger partial charge < -0.3 is 0 Å². The van der Waals surface area contributed by atoms with E-state index in [0.717, 1.165) is 70.2 Å². The number of carbonyl (C=O) groups excluding carboxylic acids is 1. The Morgan fingerprint density at radius 2 is 1.02 bits per heavy atom. The maximum atomic E-state index is 14.2. The average Bonchev–Trinajstić information content (AvgIpc) is 3.50. The van der Waals surface area contributed by atoms with Crippen LogP contribution < -0.4 is 0 Å². The first-order chi connectivity index (χ1) is 20.1. The highest BCUT2D eigenvalue weighted by Crippen LogP contribution is 2.40. The standard InChI is InChI=1S/C40H30O/c1-3-34-24(2)18-32-16-14-27(20-36(32)34)29-12-10-25-8-9-26-11-13-30(23-39(26)40(41)38(25)22-29)28-15-17-33-19-31-6-4-5-7-35(31)37(33)21-28/h3-7,10-17,20-23H,1,8-9,18-19H2,2H3. The fraction of sp³-hybridized carbons (Fsp3) is 0.125. The number of fused-ring (bicyclic) bond motifs is 6.